The van der Waals surface area contributed by atoms with E-state index in [0.717, 1.165) is 11.8 Å². The van der Waals surface area contributed by atoms with Crippen LogP contribution in [-0.2, 0) is 0 Å². The molecule has 0 unspecified atom stereocenters. The van der Waals surface area contributed by atoms with Gasteiger partial charge in [0.1, 0.15) is 0 Å². The second-order valence-electron chi connectivity index (χ2n) is 6.55. The molecule has 0 saturated heterocycles. The highest BCUT2D eigenvalue weighted by Gasteiger charge is 2.14. The van der Waals surface area contributed by atoms with E-state index in [1.54, 1.807) is 62.6 Å². The maximum atomic E-state index is 12.7. The van der Waals surface area contributed by atoms with Gasteiger partial charge in [-0.15, -0.1) is 0 Å². The summed E-state index contributed by atoms with van der Waals surface area (Å²) in [5.74, 6) is -0.335. The number of carbonyl (C=O) groups excluding carboxylic acids is 3. The van der Waals surface area contributed by atoms with Crippen LogP contribution in [-0.4, -0.2) is 42.2 Å². The fraction of sp³-hybridized carbons (Fsp3) is 0.250. The second-order valence-corrected chi connectivity index (χ2v) is 7.54. The predicted molar refractivity (Wildman–Crippen MR) is 113 cm³/mol. The van der Waals surface area contributed by atoms with Gasteiger partial charge in [-0.3, -0.25) is 9.59 Å². The van der Waals surface area contributed by atoms with Gasteiger partial charge in [0.15, 0.2) is 0 Å². The van der Waals surface area contributed by atoms with E-state index in [-0.39, 0.29) is 23.2 Å². The molecule has 28 heavy (non-hydrogen) atoms. The van der Waals surface area contributed by atoms with Crippen molar-refractivity contribution in [2.24, 2.45) is 0 Å². The number of thioether (sulfide) groups is 1. The Balaban J connectivity index is 2.12. The van der Waals surface area contributed by atoms with Gasteiger partial charge in [0.25, 0.3) is 11.1 Å². The van der Waals surface area contributed by atoms with E-state index in [1.165, 1.54) is 4.90 Å². The Labute approximate surface area is 168 Å². The van der Waals surface area contributed by atoms with Crippen LogP contribution in [0.4, 0.5) is 21.0 Å². The molecule has 0 aliphatic carbocycles. The summed E-state index contributed by atoms with van der Waals surface area (Å²) >= 11 is 1.04. The van der Waals surface area contributed by atoms with Gasteiger partial charge in [-0.25, -0.2) is 4.79 Å². The van der Waals surface area contributed by atoms with Crippen LogP contribution >= 0.6 is 11.8 Å². The SMILES string of the molecule is CC(C)NC(=O)Nc1cccc(C(=O)Nc2ccccc2SC(=O)N(C)C)c1. The van der Waals surface area contributed by atoms with E-state index >= 15 is 0 Å². The Hall–Kier alpha value is -3.00. The highest BCUT2D eigenvalue weighted by atomic mass is 32.2. The van der Waals surface area contributed by atoms with E-state index < -0.39 is 0 Å². The molecule has 0 radical (unpaired) electrons. The molecule has 3 N–H and O–H groups in total. The molecule has 0 aromatic heterocycles. The van der Waals surface area contributed by atoms with Gasteiger partial charge in [0.2, 0.25) is 0 Å². The lowest BCUT2D eigenvalue weighted by Gasteiger charge is -2.14. The number of anilines is 2. The molecule has 2 rings (SSSR count). The molecule has 0 aliphatic heterocycles. The summed E-state index contributed by atoms with van der Waals surface area (Å²) in [6.07, 6.45) is 0. The van der Waals surface area contributed by atoms with Crippen LogP contribution in [0.5, 0.6) is 0 Å². The molecule has 7 nitrogen and oxygen atoms in total. The van der Waals surface area contributed by atoms with Crippen molar-refractivity contribution in [1.29, 1.82) is 0 Å². The molecule has 2 aromatic rings. The number of benzene rings is 2. The van der Waals surface area contributed by atoms with Crippen LogP contribution in [0.3, 0.4) is 0 Å². The van der Waals surface area contributed by atoms with Crippen molar-refractivity contribution in [2.45, 2.75) is 24.8 Å². The summed E-state index contributed by atoms with van der Waals surface area (Å²) in [6.45, 7) is 3.72. The number of para-hydroxylation sites is 1. The van der Waals surface area contributed by atoms with Crippen LogP contribution in [0.25, 0.3) is 0 Å². The molecule has 0 fully saturated rings. The second kappa shape index (κ2) is 9.80. The van der Waals surface area contributed by atoms with Crippen LogP contribution in [0, 0.1) is 0 Å². The molecule has 0 saturated carbocycles. The van der Waals surface area contributed by atoms with Crippen molar-refractivity contribution in [1.82, 2.24) is 10.2 Å². The number of urea groups is 1. The molecule has 0 heterocycles. The first-order valence-corrected chi connectivity index (χ1v) is 9.55. The van der Waals surface area contributed by atoms with Crippen molar-refractivity contribution in [3.63, 3.8) is 0 Å². The van der Waals surface area contributed by atoms with Gasteiger partial charge < -0.3 is 20.9 Å². The minimum absolute atomic E-state index is 0.00496. The van der Waals surface area contributed by atoms with Crippen molar-refractivity contribution in [3.8, 4) is 0 Å². The first-order valence-electron chi connectivity index (χ1n) is 8.73. The maximum Gasteiger partial charge on any atom is 0.319 e. The smallest absolute Gasteiger partial charge is 0.319 e. The van der Waals surface area contributed by atoms with E-state index in [0.29, 0.717) is 21.8 Å². The molecule has 8 heteroatoms. The Kier molecular flexibility index (Phi) is 7.45. The lowest BCUT2D eigenvalue weighted by molar-refractivity contribution is 0.102. The van der Waals surface area contributed by atoms with E-state index in [4.69, 9.17) is 0 Å². The maximum absolute atomic E-state index is 12.7. The van der Waals surface area contributed by atoms with Gasteiger partial charge in [0, 0.05) is 36.3 Å². The largest absolute Gasteiger partial charge is 0.339 e. The zero-order valence-corrected chi connectivity index (χ0v) is 17.1. The first-order chi connectivity index (χ1) is 13.3. The Morgan fingerprint density at radius 3 is 2.36 bits per heavy atom. The minimum Gasteiger partial charge on any atom is -0.339 e. The number of nitrogens with one attached hydrogen (secondary N) is 3. The molecule has 0 bridgehead atoms. The molecule has 4 amide bonds. The average Bonchev–Trinajstić information content (AvgIpc) is 2.62. The van der Waals surface area contributed by atoms with Crippen LogP contribution in [0.2, 0.25) is 0 Å². The van der Waals surface area contributed by atoms with Crippen LogP contribution in [0.1, 0.15) is 24.2 Å². The van der Waals surface area contributed by atoms with Gasteiger partial charge in [0.05, 0.1) is 5.69 Å². The summed E-state index contributed by atoms with van der Waals surface area (Å²) in [6, 6.07) is 13.4. The van der Waals surface area contributed by atoms with E-state index in [2.05, 4.69) is 16.0 Å². The molecular weight excluding hydrogens is 376 g/mol. The zero-order chi connectivity index (χ0) is 20.7. The third-order valence-electron chi connectivity index (χ3n) is 3.50. The van der Waals surface area contributed by atoms with Gasteiger partial charge in [-0.2, -0.15) is 0 Å². The van der Waals surface area contributed by atoms with E-state index in [1.807, 2.05) is 13.8 Å². The quantitative estimate of drug-likeness (QED) is 0.655. The molecular formula is C20H24N4O3S. The van der Waals surface area contributed by atoms with E-state index in [9.17, 15) is 14.4 Å². The highest BCUT2D eigenvalue weighted by Crippen LogP contribution is 2.29. The summed E-state index contributed by atoms with van der Waals surface area (Å²) < 4.78 is 0. The van der Waals surface area contributed by atoms with Gasteiger partial charge in [-0.05, 0) is 55.9 Å². The summed E-state index contributed by atoms with van der Waals surface area (Å²) in [5, 5.41) is 8.11. The predicted octanol–water partition coefficient (Wildman–Crippen LogP) is 4.24. The number of amides is 4. The monoisotopic (exact) mass is 400 g/mol. The number of nitrogens with zero attached hydrogens (tertiary/aromatic N) is 1. The molecule has 0 atom stereocenters. The lowest BCUT2D eigenvalue weighted by Crippen LogP contribution is -2.34. The Morgan fingerprint density at radius 2 is 1.68 bits per heavy atom. The standard InChI is InChI=1S/C20H24N4O3S/c1-13(2)21-19(26)22-15-9-7-8-14(12-15)18(25)23-16-10-5-6-11-17(16)28-20(27)24(3)4/h5-13H,1-4H3,(H,23,25)(H2,21,22,26). The van der Waals surface area contributed by atoms with Crippen LogP contribution in [0.15, 0.2) is 53.4 Å². The fourth-order valence-corrected chi connectivity index (χ4v) is 2.95. The Morgan fingerprint density at radius 1 is 0.964 bits per heavy atom. The zero-order valence-electron chi connectivity index (χ0n) is 16.3. The third kappa shape index (κ3) is 6.31. The number of hydrogen-bond acceptors (Lipinski definition) is 4. The fourth-order valence-electron chi connectivity index (χ4n) is 2.21. The van der Waals surface area contributed by atoms with Gasteiger partial charge in [-0.1, -0.05) is 18.2 Å². The minimum atomic E-state index is -0.337. The average molecular weight is 401 g/mol. The lowest BCUT2D eigenvalue weighted by atomic mass is 10.2. The molecule has 148 valence electrons. The van der Waals surface area contributed by atoms with Crippen LogP contribution < -0.4 is 16.0 Å². The molecule has 0 aliphatic rings. The van der Waals surface area contributed by atoms with Crippen molar-refractivity contribution in [3.05, 3.63) is 54.1 Å². The number of rotatable bonds is 5. The van der Waals surface area contributed by atoms with Crippen molar-refractivity contribution in [2.75, 3.05) is 24.7 Å². The van der Waals surface area contributed by atoms with Gasteiger partial charge >= 0.3 is 6.03 Å². The number of hydrogen-bond donors (Lipinski definition) is 3. The third-order valence-corrected chi connectivity index (χ3v) is 4.62. The normalized spacial score (nSPS) is 10.3. The summed E-state index contributed by atoms with van der Waals surface area (Å²) in [4.78, 5) is 38.6. The number of carbonyl (C=O) groups is 3. The first kappa shape index (κ1) is 21.3. The topological polar surface area (TPSA) is 90.5 Å². The Bertz CT molecular complexity index is 868. The molecule has 0 spiro atoms. The van der Waals surface area contributed by atoms with Crippen molar-refractivity contribution < 1.29 is 14.4 Å². The van der Waals surface area contributed by atoms with Crippen molar-refractivity contribution >= 4 is 40.3 Å². The summed E-state index contributed by atoms with van der Waals surface area (Å²) in [7, 11) is 3.34. The molecule has 2 aromatic carbocycles. The highest BCUT2D eigenvalue weighted by molar-refractivity contribution is 8.13. The summed E-state index contributed by atoms with van der Waals surface area (Å²) in [5.41, 5.74) is 1.45.